The molecule has 0 aromatic rings. The molecule has 0 aliphatic rings. The largest absolute Gasteiger partial charge is 0.481 e. The van der Waals surface area contributed by atoms with Crippen LogP contribution in [-0.2, 0) is 9.59 Å². The number of carbonyl (C=O) groups excluding carboxylic acids is 1. The smallest absolute Gasteiger partial charge is 0.307 e. The molecule has 2 N–H and O–H groups in total. The van der Waals surface area contributed by atoms with E-state index in [1.807, 2.05) is 13.2 Å². The van der Waals surface area contributed by atoms with Gasteiger partial charge < -0.3 is 10.4 Å². The molecule has 4 nitrogen and oxygen atoms in total. The van der Waals surface area contributed by atoms with Gasteiger partial charge in [0.25, 0.3) is 0 Å². The molecule has 0 aromatic heterocycles. The summed E-state index contributed by atoms with van der Waals surface area (Å²) in [6.45, 7) is 5.14. The predicted octanol–water partition coefficient (Wildman–Crippen LogP) is 1.60. The Morgan fingerprint density at radius 1 is 1.25 bits per heavy atom. The highest BCUT2D eigenvalue weighted by molar-refractivity contribution is 7.98. The maximum atomic E-state index is 11.7. The molecule has 0 radical (unpaired) electrons. The van der Waals surface area contributed by atoms with Gasteiger partial charge in [0.2, 0.25) is 5.91 Å². The number of nitrogens with one attached hydrogen (secondary N) is 1. The Kier molecular flexibility index (Phi) is 7.21. The van der Waals surface area contributed by atoms with Gasteiger partial charge in [0, 0.05) is 12.0 Å². The Morgan fingerprint density at radius 2 is 1.81 bits per heavy atom. The maximum Gasteiger partial charge on any atom is 0.307 e. The van der Waals surface area contributed by atoms with Crippen molar-refractivity contribution in [3.8, 4) is 0 Å². The van der Waals surface area contributed by atoms with Gasteiger partial charge in [-0.1, -0.05) is 13.8 Å². The molecule has 16 heavy (non-hydrogen) atoms. The SMILES string of the molecule is CSCCC(C)NC(=O)C(C)C(C)C(=O)O. The lowest BCUT2D eigenvalue weighted by atomic mass is 9.95. The number of carboxylic acids is 1. The van der Waals surface area contributed by atoms with E-state index >= 15 is 0 Å². The minimum Gasteiger partial charge on any atom is -0.481 e. The van der Waals surface area contributed by atoms with Crippen LogP contribution in [0.2, 0.25) is 0 Å². The molecule has 0 saturated heterocycles. The van der Waals surface area contributed by atoms with Gasteiger partial charge >= 0.3 is 5.97 Å². The zero-order valence-electron chi connectivity index (χ0n) is 10.3. The summed E-state index contributed by atoms with van der Waals surface area (Å²) in [5.41, 5.74) is 0. The van der Waals surface area contributed by atoms with Gasteiger partial charge in [-0.15, -0.1) is 0 Å². The van der Waals surface area contributed by atoms with Crippen LogP contribution in [0, 0.1) is 11.8 Å². The highest BCUT2D eigenvalue weighted by Gasteiger charge is 2.26. The molecule has 0 aliphatic carbocycles. The monoisotopic (exact) mass is 247 g/mol. The third-order valence-electron chi connectivity index (χ3n) is 2.70. The van der Waals surface area contributed by atoms with E-state index in [0.29, 0.717) is 0 Å². The maximum absolute atomic E-state index is 11.7. The van der Waals surface area contributed by atoms with E-state index < -0.39 is 17.8 Å². The van der Waals surface area contributed by atoms with Gasteiger partial charge in [0.05, 0.1) is 5.92 Å². The quantitative estimate of drug-likeness (QED) is 0.717. The number of hydrogen-bond acceptors (Lipinski definition) is 3. The standard InChI is InChI=1S/C11H21NO3S/c1-7(5-6-16-4)12-10(13)8(2)9(3)11(14)15/h7-9H,5-6H2,1-4H3,(H,12,13)(H,14,15). The first kappa shape index (κ1) is 15.3. The molecule has 3 unspecified atom stereocenters. The van der Waals surface area contributed by atoms with E-state index in [0.717, 1.165) is 12.2 Å². The molecule has 94 valence electrons. The Hall–Kier alpha value is -0.710. The van der Waals surface area contributed by atoms with Crippen molar-refractivity contribution in [2.75, 3.05) is 12.0 Å². The van der Waals surface area contributed by atoms with Gasteiger partial charge in [-0.05, 0) is 25.4 Å². The van der Waals surface area contributed by atoms with E-state index in [-0.39, 0.29) is 11.9 Å². The van der Waals surface area contributed by atoms with Crippen LogP contribution in [0.3, 0.4) is 0 Å². The Labute approximate surface area is 101 Å². The first-order chi connectivity index (χ1) is 7.40. The molecule has 0 spiro atoms. The second-order valence-electron chi connectivity index (χ2n) is 4.11. The average molecular weight is 247 g/mol. The van der Waals surface area contributed by atoms with E-state index in [4.69, 9.17) is 5.11 Å². The molecule has 0 heterocycles. The third kappa shape index (κ3) is 5.39. The normalized spacial score (nSPS) is 16.2. The van der Waals surface area contributed by atoms with Crippen LogP contribution in [0.15, 0.2) is 0 Å². The minimum absolute atomic E-state index is 0.100. The van der Waals surface area contributed by atoms with E-state index in [1.54, 1.807) is 25.6 Å². The van der Waals surface area contributed by atoms with Crippen LogP contribution in [0.25, 0.3) is 0 Å². The number of carboxylic acid groups (broad SMARTS) is 1. The molecular weight excluding hydrogens is 226 g/mol. The van der Waals surface area contributed by atoms with Crippen LogP contribution in [-0.4, -0.2) is 35.0 Å². The first-order valence-corrected chi connectivity index (χ1v) is 6.81. The molecule has 3 atom stereocenters. The van der Waals surface area contributed by atoms with E-state index in [2.05, 4.69) is 5.32 Å². The fraction of sp³-hybridized carbons (Fsp3) is 0.818. The summed E-state index contributed by atoms with van der Waals surface area (Å²) >= 11 is 1.73. The zero-order chi connectivity index (χ0) is 12.7. The lowest BCUT2D eigenvalue weighted by Crippen LogP contribution is -2.40. The molecule has 0 fully saturated rings. The Morgan fingerprint density at radius 3 is 2.25 bits per heavy atom. The summed E-state index contributed by atoms with van der Waals surface area (Å²) in [5, 5.41) is 11.6. The summed E-state index contributed by atoms with van der Waals surface area (Å²) in [7, 11) is 0. The van der Waals surface area contributed by atoms with Crippen molar-refractivity contribution in [2.24, 2.45) is 11.8 Å². The summed E-state index contributed by atoms with van der Waals surface area (Å²) in [5.74, 6) is -1.26. The Bertz CT molecular complexity index is 245. The van der Waals surface area contributed by atoms with Crippen LogP contribution in [0.1, 0.15) is 27.2 Å². The molecule has 5 heteroatoms. The van der Waals surface area contributed by atoms with Crippen molar-refractivity contribution < 1.29 is 14.7 Å². The van der Waals surface area contributed by atoms with E-state index in [9.17, 15) is 9.59 Å². The third-order valence-corrected chi connectivity index (χ3v) is 3.34. The van der Waals surface area contributed by atoms with Crippen LogP contribution < -0.4 is 5.32 Å². The summed E-state index contributed by atoms with van der Waals surface area (Å²) < 4.78 is 0. The second kappa shape index (κ2) is 7.54. The molecular formula is C11H21NO3S. The first-order valence-electron chi connectivity index (χ1n) is 5.42. The predicted molar refractivity (Wildman–Crippen MR) is 66.6 cm³/mol. The van der Waals surface area contributed by atoms with Crippen molar-refractivity contribution in [1.29, 1.82) is 0 Å². The number of aliphatic carboxylic acids is 1. The molecule has 0 saturated carbocycles. The topological polar surface area (TPSA) is 66.4 Å². The van der Waals surface area contributed by atoms with Gasteiger partial charge in [-0.3, -0.25) is 9.59 Å². The second-order valence-corrected chi connectivity index (χ2v) is 5.09. The Balaban J connectivity index is 4.09. The zero-order valence-corrected chi connectivity index (χ0v) is 11.1. The lowest BCUT2D eigenvalue weighted by molar-refractivity contribution is -0.146. The van der Waals surface area contributed by atoms with Gasteiger partial charge in [0.1, 0.15) is 0 Å². The fourth-order valence-electron chi connectivity index (χ4n) is 1.18. The van der Waals surface area contributed by atoms with Gasteiger partial charge in [-0.2, -0.15) is 11.8 Å². The summed E-state index contributed by atoms with van der Waals surface area (Å²) in [4.78, 5) is 22.4. The number of carbonyl (C=O) groups is 2. The van der Waals surface area contributed by atoms with Crippen LogP contribution in [0.5, 0.6) is 0 Å². The van der Waals surface area contributed by atoms with Crippen LogP contribution in [0.4, 0.5) is 0 Å². The van der Waals surface area contributed by atoms with Gasteiger partial charge in [0.15, 0.2) is 0 Å². The van der Waals surface area contributed by atoms with Gasteiger partial charge in [-0.25, -0.2) is 0 Å². The van der Waals surface area contributed by atoms with Crippen molar-refractivity contribution in [3.63, 3.8) is 0 Å². The molecule has 0 bridgehead atoms. The molecule has 1 amide bonds. The number of thioether (sulfide) groups is 1. The number of hydrogen-bond donors (Lipinski definition) is 2. The van der Waals surface area contributed by atoms with Crippen molar-refractivity contribution >= 4 is 23.6 Å². The minimum atomic E-state index is -0.931. The highest BCUT2D eigenvalue weighted by atomic mass is 32.2. The highest BCUT2D eigenvalue weighted by Crippen LogP contribution is 2.12. The average Bonchev–Trinajstić information content (AvgIpc) is 2.23. The molecule has 0 aliphatic heterocycles. The van der Waals surface area contributed by atoms with Crippen molar-refractivity contribution in [2.45, 2.75) is 33.2 Å². The summed E-state index contributed by atoms with van der Waals surface area (Å²) in [6, 6.07) is 0.100. The number of amides is 1. The molecule has 0 rings (SSSR count). The number of rotatable bonds is 7. The summed E-state index contributed by atoms with van der Waals surface area (Å²) in [6.07, 6.45) is 2.92. The lowest BCUT2D eigenvalue weighted by Gasteiger charge is -2.19. The van der Waals surface area contributed by atoms with Crippen molar-refractivity contribution in [3.05, 3.63) is 0 Å². The van der Waals surface area contributed by atoms with Crippen molar-refractivity contribution in [1.82, 2.24) is 5.32 Å². The fourth-order valence-corrected chi connectivity index (χ4v) is 1.77. The van der Waals surface area contributed by atoms with E-state index in [1.165, 1.54) is 0 Å². The van der Waals surface area contributed by atoms with Crippen LogP contribution >= 0.6 is 11.8 Å². The molecule has 0 aromatic carbocycles.